The summed E-state index contributed by atoms with van der Waals surface area (Å²) in [6.07, 6.45) is 6.58. The molecule has 132 valence electrons. The van der Waals surface area contributed by atoms with E-state index in [1.807, 2.05) is 4.90 Å². The number of piperazine rings is 1. The Morgan fingerprint density at radius 1 is 0.920 bits per heavy atom. The number of anilines is 2. The highest BCUT2D eigenvalue weighted by Crippen LogP contribution is 2.30. The number of hydrogen-bond donors (Lipinski definition) is 0. The Balaban J connectivity index is 1.48. The van der Waals surface area contributed by atoms with Gasteiger partial charge >= 0.3 is 0 Å². The van der Waals surface area contributed by atoms with Gasteiger partial charge in [0.25, 0.3) is 0 Å². The second-order valence-corrected chi connectivity index (χ2v) is 6.31. The van der Waals surface area contributed by atoms with Crippen molar-refractivity contribution in [3.05, 3.63) is 36.3 Å². The van der Waals surface area contributed by atoms with Gasteiger partial charge in [-0.25, -0.2) is 24.3 Å². The van der Waals surface area contributed by atoms with E-state index in [9.17, 15) is 0 Å². The third kappa shape index (κ3) is 3.39. The molecule has 0 atom stereocenters. The molecule has 0 radical (unpaired) electrons. The molecule has 2 aliphatic rings. The maximum atomic E-state index is 15.0. The Kier molecular flexibility index (Phi) is 4.69. The van der Waals surface area contributed by atoms with Crippen molar-refractivity contribution in [1.82, 2.24) is 19.9 Å². The van der Waals surface area contributed by atoms with E-state index >= 15 is 4.39 Å². The van der Waals surface area contributed by atoms with Gasteiger partial charge in [-0.05, 0) is 18.9 Å². The van der Waals surface area contributed by atoms with Crippen LogP contribution in [0.5, 0.6) is 0 Å². The molecule has 2 aliphatic heterocycles. The largest absolute Gasteiger partial charge is 0.381 e. The zero-order valence-corrected chi connectivity index (χ0v) is 14.0. The number of hydrogen-bond acceptors (Lipinski definition) is 7. The molecule has 0 amide bonds. The predicted octanol–water partition coefficient (Wildman–Crippen LogP) is 1.63. The molecule has 0 bridgehead atoms. The van der Waals surface area contributed by atoms with Crippen molar-refractivity contribution in [3.63, 3.8) is 0 Å². The number of aromatic nitrogens is 4. The first kappa shape index (κ1) is 16.1. The summed E-state index contributed by atoms with van der Waals surface area (Å²) in [5, 5.41) is 0. The van der Waals surface area contributed by atoms with E-state index in [1.54, 1.807) is 18.5 Å². The Morgan fingerprint density at radius 3 is 2.32 bits per heavy atom. The summed E-state index contributed by atoms with van der Waals surface area (Å²) >= 11 is 0. The van der Waals surface area contributed by atoms with Crippen molar-refractivity contribution >= 4 is 11.8 Å². The second kappa shape index (κ2) is 7.26. The highest BCUT2D eigenvalue weighted by Gasteiger charge is 2.27. The summed E-state index contributed by atoms with van der Waals surface area (Å²) in [4.78, 5) is 21.1. The van der Waals surface area contributed by atoms with Crippen molar-refractivity contribution in [2.24, 2.45) is 0 Å². The third-order valence-electron chi connectivity index (χ3n) is 4.82. The van der Waals surface area contributed by atoms with Crippen molar-refractivity contribution in [2.45, 2.75) is 18.8 Å². The topological polar surface area (TPSA) is 67.3 Å². The standard InChI is InChI=1S/C17H21FN6O/c18-14-15(13-2-10-25-11-3-13)21-12-22-16(14)23-6-8-24(9-7-23)17-19-4-1-5-20-17/h1,4-5,12-13H,2-3,6-11H2. The molecule has 0 saturated carbocycles. The van der Waals surface area contributed by atoms with Crippen LogP contribution in [0.4, 0.5) is 16.2 Å². The lowest BCUT2D eigenvalue weighted by molar-refractivity contribution is 0.0836. The molecular formula is C17H21FN6O. The van der Waals surface area contributed by atoms with Gasteiger partial charge in [0, 0.05) is 57.7 Å². The van der Waals surface area contributed by atoms with E-state index in [0.717, 1.165) is 25.9 Å². The SMILES string of the molecule is Fc1c(C2CCOCC2)ncnc1N1CCN(c2ncccn2)CC1. The van der Waals surface area contributed by atoms with Gasteiger partial charge in [-0.15, -0.1) is 0 Å². The Morgan fingerprint density at radius 2 is 1.60 bits per heavy atom. The smallest absolute Gasteiger partial charge is 0.225 e. The van der Waals surface area contributed by atoms with Crippen LogP contribution in [0, 0.1) is 5.82 Å². The number of nitrogens with zero attached hydrogens (tertiary/aromatic N) is 6. The van der Waals surface area contributed by atoms with E-state index in [-0.39, 0.29) is 11.7 Å². The minimum absolute atomic E-state index is 0.120. The van der Waals surface area contributed by atoms with Crippen molar-refractivity contribution < 1.29 is 9.13 Å². The fourth-order valence-corrected chi connectivity index (χ4v) is 3.42. The summed E-state index contributed by atoms with van der Waals surface area (Å²) in [6, 6.07) is 1.80. The first-order chi connectivity index (χ1) is 12.3. The molecule has 7 nitrogen and oxygen atoms in total. The van der Waals surface area contributed by atoms with Crippen LogP contribution < -0.4 is 9.80 Å². The molecule has 4 rings (SSSR count). The van der Waals surface area contributed by atoms with E-state index in [0.29, 0.717) is 43.8 Å². The van der Waals surface area contributed by atoms with Crippen LogP contribution in [0.2, 0.25) is 0 Å². The Bertz CT molecular complexity index is 702. The summed E-state index contributed by atoms with van der Waals surface area (Å²) in [7, 11) is 0. The predicted molar refractivity (Wildman–Crippen MR) is 91.2 cm³/mol. The molecule has 2 fully saturated rings. The van der Waals surface area contributed by atoms with Crippen LogP contribution in [-0.4, -0.2) is 59.3 Å². The van der Waals surface area contributed by atoms with E-state index < -0.39 is 0 Å². The Hall–Kier alpha value is -2.35. The van der Waals surface area contributed by atoms with Crippen molar-refractivity contribution in [1.29, 1.82) is 0 Å². The molecule has 0 aliphatic carbocycles. The lowest BCUT2D eigenvalue weighted by Gasteiger charge is -2.35. The first-order valence-electron chi connectivity index (χ1n) is 8.68. The quantitative estimate of drug-likeness (QED) is 0.838. The van der Waals surface area contributed by atoms with Gasteiger partial charge in [-0.2, -0.15) is 0 Å². The first-order valence-corrected chi connectivity index (χ1v) is 8.68. The van der Waals surface area contributed by atoms with Gasteiger partial charge in [-0.1, -0.05) is 0 Å². The van der Waals surface area contributed by atoms with E-state index in [2.05, 4.69) is 24.8 Å². The maximum absolute atomic E-state index is 15.0. The van der Waals surface area contributed by atoms with E-state index in [4.69, 9.17) is 4.74 Å². The van der Waals surface area contributed by atoms with Gasteiger partial charge in [-0.3, -0.25) is 0 Å². The summed E-state index contributed by atoms with van der Waals surface area (Å²) in [6.45, 7) is 4.16. The molecule has 0 aromatic carbocycles. The molecule has 0 unspecified atom stereocenters. The van der Waals surface area contributed by atoms with Crippen molar-refractivity contribution in [2.75, 3.05) is 49.2 Å². The molecule has 2 aromatic rings. The molecule has 2 aromatic heterocycles. The van der Waals surface area contributed by atoms with Gasteiger partial charge in [0.2, 0.25) is 5.95 Å². The van der Waals surface area contributed by atoms with E-state index in [1.165, 1.54) is 6.33 Å². The molecule has 25 heavy (non-hydrogen) atoms. The average molecular weight is 344 g/mol. The van der Waals surface area contributed by atoms with Crippen LogP contribution >= 0.6 is 0 Å². The molecule has 0 N–H and O–H groups in total. The van der Waals surface area contributed by atoms with Gasteiger partial charge < -0.3 is 14.5 Å². The van der Waals surface area contributed by atoms with Gasteiger partial charge in [0.1, 0.15) is 6.33 Å². The second-order valence-electron chi connectivity index (χ2n) is 6.31. The minimum Gasteiger partial charge on any atom is -0.381 e. The lowest BCUT2D eigenvalue weighted by atomic mass is 9.96. The number of ether oxygens (including phenoxy) is 1. The number of rotatable bonds is 3. The highest BCUT2D eigenvalue weighted by atomic mass is 19.1. The summed E-state index contributed by atoms with van der Waals surface area (Å²) in [5.74, 6) is 0.964. The average Bonchev–Trinajstić information content (AvgIpc) is 2.70. The summed E-state index contributed by atoms with van der Waals surface area (Å²) in [5.41, 5.74) is 0.530. The van der Waals surface area contributed by atoms with Crippen LogP contribution in [0.15, 0.2) is 24.8 Å². The van der Waals surface area contributed by atoms with Crippen LogP contribution in [0.3, 0.4) is 0 Å². The summed E-state index contributed by atoms with van der Waals surface area (Å²) < 4.78 is 20.4. The molecule has 0 spiro atoms. The van der Waals surface area contributed by atoms with Crippen LogP contribution in [0.1, 0.15) is 24.5 Å². The third-order valence-corrected chi connectivity index (χ3v) is 4.82. The molecule has 4 heterocycles. The lowest BCUT2D eigenvalue weighted by Crippen LogP contribution is -2.47. The fourth-order valence-electron chi connectivity index (χ4n) is 3.42. The van der Waals surface area contributed by atoms with Gasteiger partial charge in [0.05, 0.1) is 5.69 Å². The van der Waals surface area contributed by atoms with Crippen LogP contribution in [-0.2, 0) is 4.74 Å². The monoisotopic (exact) mass is 344 g/mol. The van der Waals surface area contributed by atoms with Gasteiger partial charge in [0.15, 0.2) is 11.6 Å². The minimum atomic E-state index is -0.279. The molecule has 8 heteroatoms. The van der Waals surface area contributed by atoms with Crippen LogP contribution in [0.25, 0.3) is 0 Å². The maximum Gasteiger partial charge on any atom is 0.225 e. The highest BCUT2D eigenvalue weighted by molar-refractivity contribution is 5.44. The van der Waals surface area contributed by atoms with Crippen molar-refractivity contribution in [3.8, 4) is 0 Å². The molecular weight excluding hydrogens is 323 g/mol. The normalized spacial score (nSPS) is 19.2. The fraction of sp³-hybridized carbons (Fsp3) is 0.529. The zero-order valence-electron chi connectivity index (χ0n) is 14.0. The number of halogens is 1. The zero-order chi connectivity index (χ0) is 17.1. The Labute approximate surface area is 145 Å². The molecule has 2 saturated heterocycles.